The number of fused-ring (bicyclic) bond motifs is 1. The Morgan fingerprint density at radius 1 is 1.22 bits per heavy atom. The minimum absolute atomic E-state index is 0.236. The molecule has 1 saturated heterocycles. The fraction of sp³-hybridized carbons (Fsp3) is 0.360. The molecule has 3 aromatic heterocycles. The third-order valence-corrected chi connectivity index (χ3v) is 6.29. The summed E-state index contributed by atoms with van der Waals surface area (Å²) < 4.78 is 13.1. The van der Waals surface area contributed by atoms with Crippen molar-refractivity contribution in [2.45, 2.75) is 18.9 Å². The van der Waals surface area contributed by atoms with E-state index in [1.54, 1.807) is 16.8 Å². The number of rotatable bonds is 7. The van der Waals surface area contributed by atoms with E-state index in [9.17, 15) is 9.90 Å². The summed E-state index contributed by atoms with van der Waals surface area (Å²) in [6.45, 7) is 4.85. The Balaban J connectivity index is 1.35. The van der Waals surface area contributed by atoms with Crippen LogP contribution in [-0.4, -0.2) is 80.1 Å². The van der Waals surface area contributed by atoms with Gasteiger partial charge in [0.2, 0.25) is 5.88 Å². The first-order valence-electron chi connectivity index (χ1n) is 12.1. The topological polar surface area (TPSA) is 133 Å². The van der Waals surface area contributed by atoms with Crippen molar-refractivity contribution >= 4 is 11.7 Å². The molecule has 1 aliphatic carbocycles. The second kappa shape index (κ2) is 9.59. The lowest BCUT2D eigenvalue weighted by molar-refractivity contribution is 0.0322. The van der Waals surface area contributed by atoms with E-state index in [2.05, 4.69) is 20.0 Å². The van der Waals surface area contributed by atoms with Crippen molar-refractivity contribution in [3.8, 4) is 22.9 Å². The molecule has 6 rings (SSSR count). The van der Waals surface area contributed by atoms with Crippen LogP contribution in [0.3, 0.4) is 0 Å². The van der Waals surface area contributed by atoms with Crippen LogP contribution in [0.5, 0.6) is 11.6 Å². The first kappa shape index (κ1) is 22.5. The zero-order valence-corrected chi connectivity index (χ0v) is 19.7. The molecule has 1 saturated carbocycles. The monoisotopic (exact) mass is 489 g/mol. The predicted molar refractivity (Wildman–Crippen MR) is 132 cm³/mol. The molecule has 0 bridgehead atoms. The molecule has 0 amide bonds. The van der Waals surface area contributed by atoms with Crippen molar-refractivity contribution in [3.05, 3.63) is 63.4 Å². The Morgan fingerprint density at radius 2 is 2.08 bits per heavy atom. The van der Waals surface area contributed by atoms with Gasteiger partial charge in [-0.15, -0.1) is 0 Å². The number of nitrogens with zero attached hydrogens (tertiary/aromatic N) is 5. The third-order valence-electron chi connectivity index (χ3n) is 6.29. The third kappa shape index (κ3) is 4.88. The van der Waals surface area contributed by atoms with Crippen molar-refractivity contribution in [2.24, 2.45) is 4.99 Å². The van der Waals surface area contributed by atoms with Crippen molar-refractivity contribution in [2.75, 3.05) is 39.5 Å². The van der Waals surface area contributed by atoms with Crippen LogP contribution in [0.25, 0.3) is 23.0 Å². The minimum atomic E-state index is -0.487. The number of nitrogens with one attached hydrogen (secondary N) is 2. The number of imidazole rings is 1. The van der Waals surface area contributed by atoms with E-state index >= 15 is 0 Å². The second-order valence-electron chi connectivity index (χ2n) is 9.01. The Hall–Kier alpha value is -3.96. The van der Waals surface area contributed by atoms with Crippen LogP contribution in [0, 0.1) is 0 Å². The molecule has 1 aliphatic heterocycles. The van der Waals surface area contributed by atoms with E-state index in [1.807, 2.05) is 30.3 Å². The van der Waals surface area contributed by atoms with Crippen LogP contribution in [-0.2, 0) is 4.74 Å². The Labute approximate surface area is 205 Å². The summed E-state index contributed by atoms with van der Waals surface area (Å²) in [5.74, 6) is 0.540. The number of hydrogen-bond acceptors (Lipinski definition) is 8. The molecule has 36 heavy (non-hydrogen) atoms. The molecule has 3 N–H and O–H groups in total. The van der Waals surface area contributed by atoms with Crippen LogP contribution in [0.4, 0.5) is 0 Å². The Bertz CT molecular complexity index is 1560. The summed E-state index contributed by atoms with van der Waals surface area (Å²) in [6, 6.07) is 10.1. The molecular formula is C25H27N7O4. The van der Waals surface area contributed by atoms with E-state index in [0.717, 1.165) is 62.7 Å². The highest BCUT2D eigenvalue weighted by atomic mass is 16.5. The van der Waals surface area contributed by atoms with Gasteiger partial charge in [0.15, 0.2) is 11.1 Å². The van der Waals surface area contributed by atoms with E-state index < -0.39 is 5.69 Å². The lowest BCUT2D eigenvalue weighted by Crippen LogP contribution is -2.38. The molecule has 11 heteroatoms. The summed E-state index contributed by atoms with van der Waals surface area (Å²) in [7, 11) is 0. The van der Waals surface area contributed by atoms with E-state index in [-0.39, 0.29) is 11.6 Å². The fourth-order valence-corrected chi connectivity index (χ4v) is 4.21. The number of hydrogen-bond donors (Lipinski definition) is 3. The lowest BCUT2D eigenvalue weighted by atomic mass is 10.1. The van der Waals surface area contributed by atoms with Crippen LogP contribution in [0.15, 0.2) is 46.3 Å². The minimum Gasteiger partial charge on any atom is -0.493 e. The number of H-pyrrole nitrogens is 2. The molecule has 11 nitrogen and oxygen atoms in total. The highest BCUT2D eigenvalue weighted by Crippen LogP contribution is 2.24. The zero-order valence-electron chi connectivity index (χ0n) is 19.7. The quantitative estimate of drug-likeness (QED) is 0.343. The molecule has 1 aromatic carbocycles. The largest absolute Gasteiger partial charge is 0.493 e. The SMILES string of the molecule is O=c1[nH]c(O)c(C=c2cnn3c(=NC4CC4)cc(-c4cccc(OCCN5CCOCC5)c4)nc23)[nH]1. The second-order valence-corrected chi connectivity index (χ2v) is 9.01. The first-order chi connectivity index (χ1) is 17.6. The summed E-state index contributed by atoms with van der Waals surface area (Å²) in [4.78, 5) is 28.5. The number of aromatic hydroxyl groups is 1. The summed E-state index contributed by atoms with van der Waals surface area (Å²) in [5.41, 5.74) is 2.70. The molecule has 0 radical (unpaired) electrons. The number of aromatic nitrogens is 5. The van der Waals surface area contributed by atoms with Gasteiger partial charge in [-0.25, -0.2) is 9.78 Å². The predicted octanol–water partition coefficient (Wildman–Crippen LogP) is 0.440. The Kier molecular flexibility index (Phi) is 5.99. The van der Waals surface area contributed by atoms with Crippen LogP contribution in [0.2, 0.25) is 0 Å². The smallest absolute Gasteiger partial charge is 0.326 e. The van der Waals surface area contributed by atoms with Gasteiger partial charge in [-0.2, -0.15) is 9.61 Å². The summed E-state index contributed by atoms with van der Waals surface area (Å²) in [6.07, 6.45) is 5.40. The van der Waals surface area contributed by atoms with Crippen molar-refractivity contribution in [3.63, 3.8) is 0 Å². The van der Waals surface area contributed by atoms with E-state index in [4.69, 9.17) is 19.5 Å². The van der Waals surface area contributed by atoms with Gasteiger partial charge in [0, 0.05) is 36.5 Å². The standard InChI is InChI=1S/C25H27N7O4/c33-24-21(29-25(34)30-24)13-17-15-26-32-22(27-18-4-5-18)14-20(28-23(17)32)16-2-1-3-19(12-16)36-11-8-31-6-9-35-10-7-31/h1-3,12-15,18,33H,4-11H2,(H2,29,30,34). The average Bonchev–Trinajstić information content (AvgIpc) is 3.52. The summed E-state index contributed by atoms with van der Waals surface area (Å²) >= 11 is 0. The Morgan fingerprint density at radius 3 is 2.86 bits per heavy atom. The van der Waals surface area contributed by atoms with Gasteiger partial charge in [-0.05, 0) is 31.1 Å². The first-order valence-corrected chi connectivity index (χ1v) is 12.1. The molecule has 0 spiro atoms. The van der Waals surface area contributed by atoms with Crippen LogP contribution < -0.4 is 21.1 Å². The van der Waals surface area contributed by atoms with Crippen LogP contribution in [0.1, 0.15) is 18.5 Å². The van der Waals surface area contributed by atoms with Gasteiger partial charge in [0.05, 0.1) is 31.1 Å². The molecule has 4 heterocycles. The van der Waals surface area contributed by atoms with Gasteiger partial charge in [0.1, 0.15) is 18.1 Å². The highest BCUT2D eigenvalue weighted by molar-refractivity contribution is 5.64. The van der Waals surface area contributed by atoms with E-state index in [0.29, 0.717) is 29.0 Å². The van der Waals surface area contributed by atoms with Gasteiger partial charge < -0.3 is 19.6 Å². The number of benzene rings is 1. The molecular weight excluding hydrogens is 462 g/mol. The molecule has 2 aliphatic rings. The maximum Gasteiger partial charge on any atom is 0.326 e. The molecule has 2 fully saturated rings. The molecule has 186 valence electrons. The highest BCUT2D eigenvalue weighted by Gasteiger charge is 2.20. The van der Waals surface area contributed by atoms with E-state index in [1.165, 1.54) is 0 Å². The fourth-order valence-electron chi connectivity index (χ4n) is 4.21. The number of ether oxygens (including phenoxy) is 2. The average molecular weight is 490 g/mol. The van der Waals surface area contributed by atoms with Crippen LogP contribution >= 0.6 is 0 Å². The molecule has 0 atom stereocenters. The number of morpholine rings is 1. The van der Waals surface area contributed by atoms with Crippen molar-refractivity contribution in [1.82, 2.24) is 29.5 Å². The van der Waals surface area contributed by atoms with Gasteiger partial charge in [-0.1, -0.05) is 12.1 Å². The van der Waals surface area contributed by atoms with Gasteiger partial charge >= 0.3 is 5.69 Å². The normalized spacial score (nSPS) is 17.8. The molecule has 4 aromatic rings. The van der Waals surface area contributed by atoms with Gasteiger partial charge in [0.25, 0.3) is 0 Å². The van der Waals surface area contributed by atoms with Crippen molar-refractivity contribution in [1.29, 1.82) is 0 Å². The zero-order chi connectivity index (χ0) is 24.5. The van der Waals surface area contributed by atoms with Crippen molar-refractivity contribution < 1.29 is 14.6 Å². The number of aromatic amines is 2. The molecule has 0 unspecified atom stereocenters. The lowest BCUT2D eigenvalue weighted by Gasteiger charge is -2.26. The van der Waals surface area contributed by atoms with Gasteiger partial charge in [-0.3, -0.25) is 14.9 Å². The summed E-state index contributed by atoms with van der Waals surface area (Å²) in [5, 5.41) is 15.1. The maximum absolute atomic E-state index is 11.6. The maximum atomic E-state index is 11.6.